The van der Waals surface area contributed by atoms with Crippen LogP contribution in [0.4, 0.5) is 0 Å². The van der Waals surface area contributed by atoms with Gasteiger partial charge in [0.15, 0.2) is 0 Å². The van der Waals surface area contributed by atoms with E-state index in [4.69, 9.17) is 0 Å². The summed E-state index contributed by atoms with van der Waals surface area (Å²) in [6.45, 7) is 2.03. The lowest BCUT2D eigenvalue weighted by atomic mass is 9.92. The van der Waals surface area contributed by atoms with Crippen molar-refractivity contribution < 1.29 is 4.79 Å². The molecule has 2 aliphatic heterocycles. The fraction of sp³-hybridized carbons (Fsp3) is 0.154. The number of hydrogen-bond acceptors (Lipinski definition) is 3. The summed E-state index contributed by atoms with van der Waals surface area (Å²) in [6.07, 6.45) is 1.35. The van der Waals surface area contributed by atoms with E-state index in [1.54, 1.807) is 11.8 Å². The van der Waals surface area contributed by atoms with Crippen LogP contribution in [-0.2, 0) is 4.79 Å². The molecule has 0 fully saturated rings. The van der Waals surface area contributed by atoms with Crippen LogP contribution in [0.5, 0.6) is 0 Å². The molecule has 1 aromatic carbocycles. The third kappa shape index (κ3) is 1.65. The standard InChI is InChI=1S/C13H10N2OS/c1-8-10(9-5-3-2-4-6-9)11-12(16)14-7-15-13(11)17-8/h2-7,11H,1H3. The predicted molar refractivity (Wildman–Crippen MR) is 71.1 cm³/mol. The minimum absolute atomic E-state index is 0.113. The molecule has 0 saturated heterocycles. The Bertz CT molecular complexity index is 572. The zero-order chi connectivity index (χ0) is 11.8. The van der Waals surface area contributed by atoms with Crippen molar-refractivity contribution in [2.45, 2.75) is 6.92 Å². The van der Waals surface area contributed by atoms with Gasteiger partial charge in [-0.2, -0.15) is 0 Å². The van der Waals surface area contributed by atoms with E-state index in [0.717, 1.165) is 21.1 Å². The van der Waals surface area contributed by atoms with Crippen LogP contribution in [0.1, 0.15) is 12.5 Å². The van der Waals surface area contributed by atoms with Gasteiger partial charge in [0.2, 0.25) is 0 Å². The second-order valence-corrected chi connectivity index (χ2v) is 5.16. The smallest absolute Gasteiger partial charge is 0.261 e. The predicted octanol–water partition coefficient (Wildman–Crippen LogP) is 2.75. The molecule has 3 nitrogen and oxygen atoms in total. The van der Waals surface area contributed by atoms with Crippen LogP contribution in [0.25, 0.3) is 5.57 Å². The van der Waals surface area contributed by atoms with Crippen molar-refractivity contribution in [3.63, 3.8) is 0 Å². The van der Waals surface area contributed by atoms with E-state index in [9.17, 15) is 4.79 Å². The van der Waals surface area contributed by atoms with Crippen LogP contribution < -0.4 is 0 Å². The van der Waals surface area contributed by atoms with Crippen molar-refractivity contribution >= 4 is 34.6 Å². The number of fused-ring (bicyclic) bond motifs is 1. The third-order valence-electron chi connectivity index (χ3n) is 2.87. The Hall–Kier alpha value is -1.68. The first-order valence-corrected chi connectivity index (χ1v) is 6.17. The van der Waals surface area contributed by atoms with E-state index in [0.29, 0.717) is 0 Å². The van der Waals surface area contributed by atoms with E-state index in [2.05, 4.69) is 9.98 Å². The average Bonchev–Trinajstić information content (AvgIpc) is 2.68. The summed E-state index contributed by atoms with van der Waals surface area (Å²) in [5.41, 5.74) is 2.13. The Balaban J connectivity index is 2.11. The van der Waals surface area contributed by atoms with Gasteiger partial charge in [0, 0.05) is 0 Å². The van der Waals surface area contributed by atoms with Gasteiger partial charge >= 0.3 is 0 Å². The molecule has 4 heteroatoms. The normalized spacial score (nSPS) is 22.8. The van der Waals surface area contributed by atoms with Crippen molar-refractivity contribution in [2.24, 2.45) is 15.9 Å². The highest BCUT2D eigenvalue weighted by Gasteiger charge is 2.37. The molecule has 17 heavy (non-hydrogen) atoms. The number of amides is 1. The van der Waals surface area contributed by atoms with Crippen LogP contribution in [0.3, 0.4) is 0 Å². The van der Waals surface area contributed by atoms with Gasteiger partial charge < -0.3 is 0 Å². The fourth-order valence-corrected chi connectivity index (χ4v) is 3.23. The number of rotatable bonds is 1. The second kappa shape index (κ2) is 3.96. The quantitative estimate of drug-likeness (QED) is 0.759. The van der Waals surface area contributed by atoms with E-state index < -0.39 is 0 Å². The van der Waals surface area contributed by atoms with Gasteiger partial charge in [-0.1, -0.05) is 42.1 Å². The molecule has 84 valence electrons. The molecule has 1 atom stereocenters. The van der Waals surface area contributed by atoms with Gasteiger partial charge in [-0.25, -0.2) is 9.98 Å². The lowest BCUT2D eigenvalue weighted by molar-refractivity contribution is -0.118. The maximum Gasteiger partial charge on any atom is 0.261 e. The van der Waals surface area contributed by atoms with Gasteiger partial charge in [0.25, 0.3) is 5.91 Å². The summed E-state index contributed by atoms with van der Waals surface area (Å²) in [5.74, 6) is -0.398. The molecule has 0 radical (unpaired) electrons. The van der Waals surface area contributed by atoms with Crippen LogP contribution in [0, 0.1) is 5.92 Å². The summed E-state index contributed by atoms with van der Waals surface area (Å²) in [5, 5.41) is 0.848. The Labute approximate surface area is 103 Å². The number of nitrogens with zero attached hydrogens (tertiary/aromatic N) is 2. The first kappa shape index (κ1) is 10.5. The Morgan fingerprint density at radius 2 is 2.00 bits per heavy atom. The number of thioether (sulfide) groups is 1. The van der Waals surface area contributed by atoms with Crippen LogP contribution in [-0.4, -0.2) is 17.3 Å². The van der Waals surface area contributed by atoms with Crippen LogP contribution in [0.2, 0.25) is 0 Å². The van der Waals surface area contributed by atoms with Crippen molar-refractivity contribution in [3.8, 4) is 0 Å². The molecular weight excluding hydrogens is 232 g/mol. The topological polar surface area (TPSA) is 41.8 Å². The van der Waals surface area contributed by atoms with Crippen LogP contribution in [0.15, 0.2) is 45.2 Å². The first-order valence-electron chi connectivity index (χ1n) is 5.35. The summed E-state index contributed by atoms with van der Waals surface area (Å²) >= 11 is 1.57. The molecule has 0 aromatic heterocycles. The minimum atomic E-state index is -0.285. The molecule has 0 spiro atoms. The van der Waals surface area contributed by atoms with E-state index >= 15 is 0 Å². The van der Waals surface area contributed by atoms with Gasteiger partial charge in [0.05, 0.1) is 5.04 Å². The Morgan fingerprint density at radius 3 is 2.76 bits per heavy atom. The summed E-state index contributed by atoms with van der Waals surface area (Å²) in [4.78, 5) is 21.0. The van der Waals surface area contributed by atoms with Gasteiger partial charge in [0.1, 0.15) is 12.3 Å². The van der Waals surface area contributed by atoms with E-state index in [-0.39, 0.29) is 11.8 Å². The lowest BCUT2D eigenvalue weighted by Crippen LogP contribution is -2.21. The molecule has 1 aromatic rings. The van der Waals surface area contributed by atoms with Crippen molar-refractivity contribution in [2.75, 3.05) is 0 Å². The molecule has 0 bridgehead atoms. The van der Waals surface area contributed by atoms with Gasteiger partial charge in [-0.15, -0.1) is 0 Å². The molecule has 0 saturated carbocycles. The van der Waals surface area contributed by atoms with Crippen molar-refractivity contribution in [3.05, 3.63) is 40.8 Å². The minimum Gasteiger partial charge on any atom is -0.271 e. The number of hydrogen-bond donors (Lipinski definition) is 0. The first-order chi connectivity index (χ1) is 8.27. The second-order valence-electron chi connectivity index (χ2n) is 3.92. The van der Waals surface area contributed by atoms with Gasteiger partial charge in [-0.05, 0) is 23.0 Å². The highest BCUT2D eigenvalue weighted by molar-refractivity contribution is 8.18. The number of allylic oxidation sites excluding steroid dienone is 1. The third-order valence-corrected chi connectivity index (χ3v) is 3.95. The molecule has 2 aliphatic rings. The maximum atomic E-state index is 11.9. The van der Waals surface area contributed by atoms with Crippen molar-refractivity contribution in [1.82, 2.24) is 0 Å². The van der Waals surface area contributed by atoms with Gasteiger partial charge in [-0.3, -0.25) is 4.79 Å². The van der Waals surface area contributed by atoms with Crippen molar-refractivity contribution in [1.29, 1.82) is 0 Å². The fourth-order valence-electron chi connectivity index (χ4n) is 2.13. The number of aliphatic imine (C=N–C) groups is 2. The zero-order valence-corrected chi connectivity index (χ0v) is 10.1. The Morgan fingerprint density at radius 1 is 1.24 bits per heavy atom. The number of carbonyl (C=O) groups is 1. The zero-order valence-electron chi connectivity index (χ0n) is 9.25. The lowest BCUT2D eigenvalue weighted by Gasteiger charge is -2.13. The number of benzene rings is 1. The molecule has 1 amide bonds. The molecule has 0 N–H and O–H groups in total. The molecule has 2 heterocycles. The maximum absolute atomic E-state index is 11.9. The average molecular weight is 242 g/mol. The molecule has 3 rings (SSSR count). The SMILES string of the molecule is CC1=C(c2ccccc2)C2C(=O)N=CN=C2S1. The summed E-state index contributed by atoms with van der Waals surface area (Å²) in [7, 11) is 0. The Kier molecular flexibility index (Phi) is 2.44. The summed E-state index contributed by atoms with van der Waals surface area (Å²) < 4.78 is 0. The molecule has 0 aliphatic carbocycles. The largest absolute Gasteiger partial charge is 0.271 e. The summed E-state index contributed by atoms with van der Waals surface area (Å²) in [6, 6.07) is 9.97. The highest BCUT2D eigenvalue weighted by Crippen LogP contribution is 2.44. The van der Waals surface area contributed by atoms with E-state index in [1.807, 2.05) is 37.3 Å². The molecular formula is C13H10N2OS. The molecule has 1 unspecified atom stereocenters. The number of carbonyl (C=O) groups excluding carboxylic acids is 1. The monoisotopic (exact) mass is 242 g/mol. The van der Waals surface area contributed by atoms with E-state index in [1.165, 1.54) is 6.34 Å². The van der Waals surface area contributed by atoms with Crippen LogP contribution >= 0.6 is 11.8 Å². The highest BCUT2D eigenvalue weighted by atomic mass is 32.2.